The van der Waals surface area contributed by atoms with E-state index in [-0.39, 0.29) is 12.5 Å². The van der Waals surface area contributed by atoms with E-state index in [1.807, 2.05) is 51.1 Å². The molecule has 0 unspecified atom stereocenters. The Hall–Kier alpha value is -3.61. The zero-order chi connectivity index (χ0) is 24.1. The standard InChI is InChI=1S/C26H29NO6/c1-15(2)12-21(25(29)30)27-23(28)14-32-22-11-10-19-16(3)20(13-18-8-6-5-7-9-18)26(31)33-24(19)17(22)4/h5-11,15,21H,12-14H2,1-4H3,(H,27,28)(H,29,30)/t21-/m0/s1. The van der Waals surface area contributed by atoms with Gasteiger partial charge in [-0.3, -0.25) is 4.79 Å². The summed E-state index contributed by atoms with van der Waals surface area (Å²) < 4.78 is 11.3. The molecule has 174 valence electrons. The minimum absolute atomic E-state index is 0.118. The summed E-state index contributed by atoms with van der Waals surface area (Å²) in [6.07, 6.45) is 0.801. The van der Waals surface area contributed by atoms with E-state index in [4.69, 9.17) is 9.15 Å². The van der Waals surface area contributed by atoms with Crippen molar-refractivity contribution in [1.29, 1.82) is 0 Å². The quantitative estimate of drug-likeness (QED) is 0.477. The van der Waals surface area contributed by atoms with Crippen molar-refractivity contribution in [3.05, 3.63) is 75.1 Å². The summed E-state index contributed by atoms with van der Waals surface area (Å²) >= 11 is 0. The largest absolute Gasteiger partial charge is 0.483 e. The van der Waals surface area contributed by atoms with Crippen LogP contribution in [-0.4, -0.2) is 29.6 Å². The average Bonchev–Trinajstić information content (AvgIpc) is 2.76. The number of carboxylic acid groups (broad SMARTS) is 1. The van der Waals surface area contributed by atoms with E-state index in [1.165, 1.54) is 0 Å². The molecule has 0 radical (unpaired) electrons. The maximum atomic E-state index is 12.7. The van der Waals surface area contributed by atoms with E-state index in [0.717, 1.165) is 16.5 Å². The van der Waals surface area contributed by atoms with Gasteiger partial charge in [-0.05, 0) is 49.4 Å². The lowest BCUT2D eigenvalue weighted by Crippen LogP contribution is -2.43. The lowest BCUT2D eigenvalue weighted by Gasteiger charge is -2.17. The van der Waals surface area contributed by atoms with Crippen molar-refractivity contribution in [1.82, 2.24) is 5.32 Å². The third-order valence-electron chi connectivity index (χ3n) is 5.58. The van der Waals surface area contributed by atoms with E-state index in [1.54, 1.807) is 19.1 Å². The monoisotopic (exact) mass is 451 g/mol. The molecule has 0 fully saturated rings. The summed E-state index contributed by atoms with van der Waals surface area (Å²) in [5, 5.41) is 12.6. The second-order valence-corrected chi connectivity index (χ2v) is 8.60. The van der Waals surface area contributed by atoms with Gasteiger partial charge in [0.25, 0.3) is 5.91 Å². The molecule has 1 atom stereocenters. The van der Waals surface area contributed by atoms with Gasteiger partial charge in [-0.2, -0.15) is 0 Å². The van der Waals surface area contributed by atoms with E-state index < -0.39 is 23.5 Å². The predicted molar refractivity (Wildman–Crippen MR) is 126 cm³/mol. The molecule has 7 nitrogen and oxygen atoms in total. The first-order valence-corrected chi connectivity index (χ1v) is 10.9. The number of benzene rings is 2. The molecular weight excluding hydrogens is 422 g/mol. The summed E-state index contributed by atoms with van der Waals surface area (Å²) in [6.45, 7) is 7.08. The number of aliphatic carboxylic acids is 1. The topological polar surface area (TPSA) is 106 Å². The van der Waals surface area contributed by atoms with Gasteiger partial charge in [-0.25, -0.2) is 9.59 Å². The van der Waals surface area contributed by atoms with Crippen LogP contribution in [0.1, 0.15) is 42.5 Å². The fourth-order valence-corrected chi connectivity index (χ4v) is 3.80. The van der Waals surface area contributed by atoms with Crippen LogP contribution in [0.3, 0.4) is 0 Å². The number of carbonyl (C=O) groups is 2. The first-order chi connectivity index (χ1) is 15.7. The second kappa shape index (κ2) is 10.3. The highest BCUT2D eigenvalue weighted by Crippen LogP contribution is 2.30. The highest BCUT2D eigenvalue weighted by molar-refractivity contribution is 5.86. The molecule has 0 spiro atoms. The van der Waals surface area contributed by atoms with Crippen LogP contribution in [0.15, 0.2) is 51.7 Å². The fourth-order valence-electron chi connectivity index (χ4n) is 3.80. The van der Waals surface area contributed by atoms with Crippen molar-refractivity contribution >= 4 is 22.8 Å². The van der Waals surface area contributed by atoms with Crippen molar-refractivity contribution < 1.29 is 23.8 Å². The molecular formula is C26H29NO6. The summed E-state index contributed by atoms with van der Waals surface area (Å²) in [4.78, 5) is 36.3. The fraction of sp³-hybridized carbons (Fsp3) is 0.346. The molecule has 0 aliphatic carbocycles. The summed E-state index contributed by atoms with van der Waals surface area (Å²) in [5.74, 6) is -1.10. The molecule has 0 bridgehead atoms. The number of aryl methyl sites for hydroxylation is 2. The molecule has 0 aliphatic rings. The Labute approximate surface area is 192 Å². The minimum Gasteiger partial charge on any atom is -0.483 e. The molecule has 3 rings (SSSR count). The van der Waals surface area contributed by atoms with E-state index in [9.17, 15) is 19.5 Å². The van der Waals surface area contributed by atoms with Crippen LogP contribution in [0.4, 0.5) is 0 Å². The molecule has 1 aromatic heterocycles. The Bertz CT molecular complexity index is 1210. The number of amides is 1. The van der Waals surface area contributed by atoms with Crippen LogP contribution in [-0.2, 0) is 16.0 Å². The van der Waals surface area contributed by atoms with Gasteiger partial charge in [0.2, 0.25) is 0 Å². The second-order valence-electron chi connectivity index (χ2n) is 8.60. The average molecular weight is 452 g/mol. The van der Waals surface area contributed by atoms with Crippen molar-refractivity contribution in [3.63, 3.8) is 0 Å². The Balaban J connectivity index is 1.79. The zero-order valence-electron chi connectivity index (χ0n) is 19.3. The van der Waals surface area contributed by atoms with Crippen LogP contribution >= 0.6 is 0 Å². The molecule has 33 heavy (non-hydrogen) atoms. The molecule has 3 aromatic rings. The Morgan fingerprint density at radius 1 is 1.06 bits per heavy atom. The Morgan fingerprint density at radius 2 is 1.76 bits per heavy atom. The molecule has 0 aliphatic heterocycles. The van der Waals surface area contributed by atoms with Crippen LogP contribution in [0, 0.1) is 19.8 Å². The van der Waals surface area contributed by atoms with Crippen LogP contribution in [0.2, 0.25) is 0 Å². The highest BCUT2D eigenvalue weighted by atomic mass is 16.5. The first kappa shape index (κ1) is 24.0. The van der Waals surface area contributed by atoms with Gasteiger partial charge >= 0.3 is 11.6 Å². The number of rotatable bonds is 9. The highest BCUT2D eigenvalue weighted by Gasteiger charge is 2.22. The van der Waals surface area contributed by atoms with Gasteiger partial charge in [-0.1, -0.05) is 44.2 Å². The molecule has 0 saturated heterocycles. The first-order valence-electron chi connectivity index (χ1n) is 10.9. The minimum atomic E-state index is -1.08. The van der Waals surface area contributed by atoms with Gasteiger partial charge in [0.15, 0.2) is 6.61 Å². The molecule has 2 aromatic carbocycles. The summed E-state index contributed by atoms with van der Waals surface area (Å²) in [5.41, 5.74) is 3.08. The SMILES string of the molecule is Cc1c(Cc2ccccc2)c(=O)oc2c(C)c(OCC(=O)N[C@@H](CC(C)C)C(=O)O)ccc12. The number of fused-ring (bicyclic) bond motifs is 1. The predicted octanol–water partition coefficient (Wildman–Crippen LogP) is 3.99. The maximum absolute atomic E-state index is 12.7. The number of carboxylic acids is 1. The number of carbonyl (C=O) groups excluding carboxylic acids is 1. The number of nitrogens with one attached hydrogen (secondary N) is 1. The lowest BCUT2D eigenvalue weighted by atomic mass is 9.98. The van der Waals surface area contributed by atoms with Crippen LogP contribution in [0.25, 0.3) is 11.0 Å². The molecule has 1 amide bonds. The van der Waals surface area contributed by atoms with Crippen molar-refractivity contribution in [3.8, 4) is 5.75 Å². The van der Waals surface area contributed by atoms with Gasteiger partial charge in [0.1, 0.15) is 17.4 Å². The Kier molecular flexibility index (Phi) is 7.53. The molecule has 0 saturated carbocycles. The van der Waals surface area contributed by atoms with Gasteiger partial charge in [0.05, 0.1) is 0 Å². The van der Waals surface area contributed by atoms with Crippen molar-refractivity contribution in [2.24, 2.45) is 5.92 Å². The number of hydrogen-bond donors (Lipinski definition) is 2. The van der Waals surface area contributed by atoms with Gasteiger partial charge in [0, 0.05) is 22.9 Å². The van der Waals surface area contributed by atoms with Crippen molar-refractivity contribution in [2.75, 3.05) is 6.61 Å². The molecule has 1 heterocycles. The van der Waals surface area contributed by atoms with E-state index in [2.05, 4.69) is 5.32 Å². The molecule has 7 heteroatoms. The third kappa shape index (κ3) is 5.80. The Morgan fingerprint density at radius 3 is 2.39 bits per heavy atom. The smallest absolute Gasteiger partial charge is 0.340 e. The zero-order valence-corrected chi connectivity index (χ0v) is 19.3. The number of hydrogen-bond acceptors (Lipinski definition) is 5. The lowest BCUT2D eigenvalue weighted by molar-refractivity contribution is -0.142. The molecule has 2 N–H and O–H groups in total. The van der Waals surface area contributed by atoms with E-state index >= 15 is 0 Å². The van der Waals surface area contributed by atoms with Crippen LogP contribution < -0.4 is 15.7 Å². The van der Waals surface area contributed by atoms with Crippen LogP contribution in [0.5, 0.6) is 5.75 Å². The normalized spacial score (nSPS) is 12.0. The van der Waals surface area contributed by atoms with Gasteiger partial charge < -0.3 is 19.6 Å². The maximum Gasteiger partial charge on any atom is 0.340 e. The van der Waals surface area contributed by atoms with Gasteiger partial charge in [-0.15, -0.1) is 0 Å². The van der Waals surface area contributed by atoms with Crippen molar-refractivity contribution in [2.45, 2.75) is 46.6 Å². The third-order valence-corrected chi connectivity index (χ3v) is 5.58. The number of ether oxygens (including phenoxy) is 1. The summed E-state index contributed by atoms with van der Waals surface area (Å²) in [6, 6.07) is 12.3. The van der Waals surface area contributed by atoms with E-state index in [0.29, 0.717) is 35.3 Å². The summed E-state index contributed by atoms with van der Waals surface area (Å²) in [7, 11) is 0.